The highest BCUT2D eigenvalue weighted by Gasteiger charge is 2.24. The third kappa shape index (κ3) is 3.72. The number of carbonyl (C=O) groups excluding carboxylic acids is 1. The van der Waals surface area contributed by atoms with E-state index in [0.717, 1.165) is 24.1 Å². The number of carbonyl (C=O) groups is 1. The Morgan fingerprint density at radius 1 is 1.09 bits per heavy atom. The lowest BCUT2D eigenvalue weighted by atomic mass is 10.1. The summed E-state index contributed by atoms with van der Waals surface area (Å²) >= 11 is 0. The van der Waals surface area contributed by atoms with Crippen molar-refractivity contribution in [2.75, 3.05) is 19.0 Å². The fourth-order valence-corrected chi connectivity index (χ4v) is 4.43. The second-order valence-corrected chi connectivity index (χ2v) is 8.58. The van der Waals surface area contributed by atoms with Crippen LogP contribution in [0.5, 0.6) is 5.88 Å². The Bertz CT molecular complexity index is 1550. The first-order valence-corrected chi connectivity index (χ1v) is 11.5. The molecule has 0 saturated heterocycles. The van der Waals surface area contributed by atoms with E-state index in [0.29, 0.717) is 53.9 Å². The van der Waals surface area contributed by atoms with E-state index in [1.165, 1.54) is 6.20 Å². The number of aromatic nitrogens is 5. The van der Waals surface area contributed by atoms with Crippen molar-refractivity contribution in [2.24, 2.45) is 0 Å². The Morgan fingerprint density at radius 2 is 2.00 bits per heavy atom. The van der Waals surface area contributed by atoms with Crippen LogP contribution in [-0.2, 0) is 13.1 Å². The van der Waals surface area contributed by atoms with E-state index < -0.39 is 0 Å². The third-order valence-corrected chi connectivity index (χ3v) is 6.16. The van der Waals surface area contributed by atoms with Gasteiger partial charge in [0.2, 0.25) is 11.8 Å². The number of rotatable bonds is 2. The summed E-state index contributed by atoms with van der Waals surface area (Å²) in [5.41, 5.74) is 2.66. The number of amides is 1. The second-order valence-electron chi connectivity index (χ2n) is 8.58. The summed E-state index contributed by atoms with van der Waals surface area (Å²) in [5.74, 6) is 1.39. The lowest BCUT2D eigenvalue weighted by molar-refractivity contribution is 0.0816. The SMILES string of the molecule is CN1Cc2cc(Nc3ncc4c(=O)n5n(c4n3)-c3cccc(n3)OCCCC=CC5)ccc2C1=O. The molecular formula is C25H23N7O3. The molecule has 3 aromatic heterocycles. The Hall–Kier alpha value is -4.47. The number of nitrogens with one attached hydrogen (secondary N) is 1. The second kappa shape index (κ2) is 8.39. The molecule has 1 N–H and O–H groups in total. The van der Waals surface area contributed by atoms with Crippen molar-refractivity contribution in [3.05, 3.63) is 76.2 Å². The molecule has 10 nitrogen and oxygen atoms in total. The Balaban J connectivity index is 1.44. The van der Waals surface area contributed by atoms with Crippen LogP contribution in [0.25, 0.3) is 16.9 Å². The normalized spacial score (nSPS) is 15.2. The first-order valence-electron chi connectivity index (χ1n) is 11.5. The number of benzene rings is 1. The van der Waals surface area contributed by atoms with E-state index in [2.05, 4.69) is 26.3 Å². The monoisotopic (exact) mass is 469 g/mol. The molecule has 0 radical (unpaired) electrons. The maximum absolute atomic E-state index is 13.3. The minimum absolute atomic E-state index is 0.0157. The van der Waals surface area contributed by atoms with E-state index in [9.17, 15) is 9.59 Å². The van der Waals surface area contributed by atoms with Gasteiger partial charge in [0.25, 0.3) is 11.5 Å². The summed E-state index contributed by atoms with van der Waals surface area (Å²) in [5, 5.41) is 3.61. The van der Waals surface area contributed by atoms with Crippen molar-refractivity contribution in [2.45, 2.75) is 25.9 Å². The molecule has 35 heavy (non-hydrogen) atoms. The van der Waals surface area contributed by atoms with Crippen LogP contribution in [0.4, 0.5) is 11.6 Å². The van der Waals surface area contributed by atoms with E-state index in [1.807, 2.05) is 30.3 Å². The topological polar surface area (TPSA) is 107 Å². The van der Waals surface area contributed by atoms with Crippen LogP contribution >= 0.6 is 0 Å². The number of pyridine rings is 1. The molecule has 1 amide bonds. The van der Waals surface area contributed by atoms with Crippen LogP contribution in [0.1, 0.15) is 28.8 Å². The first kappa shape index (κ1) is 21.1. The van der Waals surface area contributed by atoms with Crippen molar-refractivity contribution in [1.82, 2.24) is 29.2 Å². The number of allylic oxidation sites excluding steroid dienone is 2. The number of ether oxygens (including phenoxy) is 1. The molecule has 0 spiro atoms. The largest absolute Gasteiger partial charge is 0.478 e. The van der Waals surface area contributed by atoms with Crippen molar-refractivity contribution >= 4 is 28.6 Å². The lowest BCUT2D eigenvalue weighted by Crippen LogP contribution is -2.22. The molecule has 0 aliphatic carbocycles. The van der Waals surface area contributed by atoms with Gasteiger partial charge < -0.3 is 15.0 Å². The van der Waals surface area contributed by atoms with Gasteiger partial charge in [0.15, 0.2) is 11.5 Å². The summed E-state index contributed by atoms with van der Waals surface area (Å²) in [4.78, 5) is 40.8. The quantitative estimate of drug-likeness (QED) is 0.450. The van der Waals surface area contributed by atoms with Gasteiger partial charge in [-0.2, -0.15) is 9.97 Å². The maximum atomic E-state index is 13.3. The minimum atomic E-state index is -0.194. The molecule has 4 aromatic rings. The highest BCUT2D eigenvalue weighted by molar-refractivity contribution is 5.98. The smallest absolute Gasteiger partial charge is 0.278 e. The van der Waals surface area contributed by atoms with Gasteiger partial charge >= 0.3 is 0 Å². The fourth-order valence-electron chi connectivity index (χ4n) is 4.43. The molecule has 0 fully saturated rings. The number of anilines is 2. The fraction of sp³-hybridized carbons (Fsp3) is 0.240. The number of nitrogens with zero attached hydrogens (tertiary/aromatic N) is 6. The Morgan fingerprint density at radius 3 is 2.91 bits per heavy atom. The molecule has 176 valence electrons. The number of fused-ring (bicyclic) bond motifs is 7. The van der Waals surface area contributed by atoms with E-state index in [4.69, 9.17) is 4.74 Å². The van der Waals surface area contributed by atoms with Gasteiger partial charge in [0.1, 0.15) is 5.39 Å². The zero-order valence-corrected chi connectivity index (χ0v) is 19.1. The molecule has 2 bridgehead atoms. The maximum Gasteiger partial charge on any atom is 0.278 e. The van der Waals surface area contributed by atoms with Gasteiger partial charge in [-0.3, -0.25) is 9.59 Å². The van der Waals surface area contributed by atoms with Gasteiger partial charge in [0, 0.05) is 37.1 Å². The zero-order chi connectivity index (χ0) is 23.9. The first-order chi connectivity index (χ1) is 17.1. The van der Waals surface area contributed by atoms with Crippen LogP contribution in [-0.4, -0.2) is 48.8 Å². The average molecular weight is 470 g/mol. The molecule has 0 saturated carbocycles. The molecule has 10 heteroatoms. The van der Waals surface area contributed by atoms with E-state index in [-0.39, 0.29) is 11.5 Å². The zero-order valence-electron chi connectivity index (χ0n) is 19.1. The van der Waals surface area contributed by atoms with Crippen molar-refractivity contribution < 1.29 is 9.53 Å². The Kier molecular flexibility index (Phi) is 5.05. The molecule has 2 aliphatic heterocycles. The van der Waals surface area contributed by atoms with Crippen LogP contribution in [0.15, 0.2) is 59.5 Å². The predicted molar refractivity (Wildman–Crippen MR) is 130 cm³/mol. The molecule has 0 atom stereocenters. The molecule has 1 aromatic carbocycles. The van der Waals surface area contributed by atoms with Crippen LogP contribution < -0.4 is 15.6 Å². The molecule has 6 rings (SSSR count). The average Bonchev–Trinajstić information content (AvgIpc) is 3.29. The standard InChI is InChI=1S/C25H23N7O3/c1-30-15-16-13-17(9-10-18(16)23(30)33)27-25-26-14-19-22(29-25)32-20-7-6-8-21(28-20)35-12-5-3-2-4-11-31(32)24(19)34/h2,4,6-10,13-14H,3,5,11-12,15H2,1H3,(H,26,27,29). The van der Waals surface area contributed by atoms with Crippen LogP contribution in [0, 0.1) is 0 Å². The third-order valence-electron chi connectivity index (χ3n) is 6.16. The minimum Gasteiger partial charge on any atom is -0.478 e. The molecular weight excluding hydrogens is 446 g/mol. The van der Waals surface area contributed by atoms with E-state index >= 15 is 0 Å². The number of hydrogen-bond acceptors (Lipinski definition) is 7. The van der Waals surface area contributed by atoms with Gasteiger partial charge in [-0.05, 0) is 42.7 Å². The summed E-state index contributed by atoms with van der Waals surface area (Å²) < 4.78 is 9.10. The summed E-state index contributed by atoms with van der Waals surface area (Å²) in [7, 11) is 1.78. The van der Waals surface area contributed by atoms with Crippen molar-refractivity contribution in [3.8, 4) is 11.7 Å². The summed E-state index contributed by atoms with van der Waals surface area (Å²) in [6.45, 7) is 1.51. The summed E-state index contributed by atoms with van der Waals surface area (Å²) in [6.07, 6.45) is 7.28. The van der Waals surface area contributed by atoms with Crippen LogP contribution in [0.3, 0.4) is 0 Å². The van der Waals surface area contributed by atoms with E-state index in [1.54, 1.807) is 33.4 Å². The van der Waals surface area contributed by atoms with Crippen LogP contribution in [0.2, 0.25) is 0 Å². The highest BCUT2D eigenvalue weighted by Crippen LogP contribution is 2.26. The lowest BCUT2D eigenvalue weighted by Gasteiger charge is -2.13. The van der Waals surface area contributed by atoms with Gasteiger partial charge in [-0.1, -0.05) is 18.2 Å². The number of hydrogen-bond donors (Lipinski definition) is 1. The molecule has 0 unspecified atom stereocenters. The molecule has 2 aliphatic rings. The highest BCUT2D eigenvalue weighted by atomic mass is 16.5. The van der Waals surface area contributed by atoms with Gasteiger partial charge in [0.05, 0.1) is 13.2 Å². The predicted octanol–water partition coefficient (Wildman–Crippen LogP) is 3.04. The van der Waals surface area contributed by atoms with Gasteiger partial charge in [-0.25, -0.2) is 14.3 Å². The van der Waals surface area contributed by atoms with Crippen molar-refractivity contribution in [1.29, 1.82) is 0 Å². The Labute approximate surface area is 200 Å². The molecule has 5 heterocycles. The summed E-state index contributed by atoms with van der Waals surface area (Å²) in [6, 6.07) is 11.0. The van der Waals surface area contributed by atoms with Crippen molar-refractivity contribution in [3.63, 3.8) is 0 Å². The van der Waals surface area contributed by atoms with Gasteiger partial charge in [-0.15, -0.1) is 0 Å².